The lowest BCUT2D eigenvalue weighted by atomic mass is 10.2. The lowest BCUT2D eigenvalue weighted by Gasteiger charge is -2.13. The number of hydrogen-bond acceptors (Lipinski definition) is 5. The van der Waals surface area contributed by atoms with Crippen LogP contribution in [0.1, 0.15) is 19.3 Å². The van der Waals surface area contributed by atoms with Gasteiger partial charge in [0.15, 0.2) is 0 Å². The van der Waals surface area contributed by atoms with Crippen LogP contribution in [-0.2, 0) is 4.74 Å². The van der Waals surface area contributed by atoms with Gasteiger partial charge in [-0.1, -0.05) is 0 Å². The van der Waals surface area contributed by atoms with Crippen molar-refractivity contribution in [3.63, 3.8) is 0 Å². The highest BCUT2D eigenvalue weighted by molar-refractivity contribution is 9.10. The second-order valence-electron chi connectivity index (χ2n) is 4.06. The van der Waals surface area contributed by atoms with Gasteiger partial charge in [-0.15, -0.1) is 0 Å². The monoisotopic (exact) mass is 301 g/mol. The topological polar surface area (TPSA) is 56.3 Å². The number of nitrogens with zero attached hydrogens (tertiary/aromatic N) is 2. The summed E-state index contributed by atoms with van der Waals surface area (Å²) in [5.41, 5.74) is 0. The van der Waals surface area contributed by atoms with Crippen molar-refractivity contribution in [1.82, 2.24) is 9.97 Å². The van der Waals surface area contributed by atoms with Crippen LogP contribution in [0.2, 0.25) is 0 Å². The van der Waals surface area contributed by atoms with E-state index in [0.29, 0.717) is 24.0 Å². The summed E-state index contributed by atoms with van der Waals surface area (Å²) in [5.74, 6) is 1.15. The summed E-state index contributed by atoms with van der Waals surface area (Å²) in [6.45, 7) is 0. The molecule has 6 heteroatoms. The van der Waals surface area contributed by atoms with Crippen LogP contribution in [-0.4, -0.2) is 36.3 Å². The summed E-state index contributed by atoms with van der Waals surface area (Å²) in [6, 6.07) is 0.380. The van der Waals surface area contributed by atoms with E-state index in [2.05, 4.69) is 31.2 Å². The van der Waals surface area contributed by atoms with Crippen LogP contribution in [0.4, 0.5) is 5.95 Å². The highest BCUT2D eigenvalue weighted by atomic mass is 79.9. The fourth-order valence-electron chi connectivity index (χ4n) is 2.03. The average molecular weight is 302 g/mol. The van der Waals surface area contributed by atoms with Gasteiger partial charge in [0.1, 0.15) is 0 Å². The standard InChI is InChI=1S/C11H16BrN3O2/c1-16-8-4-3-7(5-8)14-11-13-6-9(12)10(15-11)17-2/h6-8H,3-5H2,1-2H3,(H,13,14,15). The third-order valence-electron chi connectivity index (χ3n) is 2.96. The Morgan fingerprint density at radius 1 is 1.41 bits per heavy atom. The molecule has 1 saturated carbocycles. The van der Waals surface area contributed by atoms with E-state index in [1.165, 1.54) is 0 Å². The molecule has 0 aliphatic heterocycles. The number of methoxy groups -OCH3 is 2. The second kappa shape index (κ2) is 5.64. The van der Waals surface area contributed by atoms with E-state index in [-0.39, 0.29) is 0 Å². The van der Waals surface area contributed by atoms with Crippen LogP contribution < -0.4 is 10.1 Å². The fraction of sp³-hybridized carbons (Fsp3) is 0.636. The molecule has 0 saturated heterocycles. The van der Waals surface area contributed by atoms with Crippen LogP contribution in [0.5, 0.6) is 5.88 Å². The number of nitrogens with one attached hydrogen (secondary N) is 1. The Labute approximate surface area is 109 Å². The maximum atomic E-state index is 5.33. The molecule has 0 amide bonds. The van der Waals surface area contributed by atoms with E-state index in [1.807, 2.05) is 0 Å². The zero-order valence-electron chi connectivity index (χ0n) is 9.94. The van der Waals surface area contributed by atoms with Crippen LogP contribution in [0, 0.1) is 0 Å². The molecular weight excluding hydrogens is 286 g/mol. The molecule has 1 aliphatic rings. The first kappa shape index (κ1) is 12.6. The minimum atomic E-state index is 0.352. The Bertz CT molecular complexity index is 389. The van der Waals surface area contributed by atoms with Crippen LogP contribution in [0.25, 0.3) is 0 Å². The Hall–Kier alpha value is -0.880. The SMILES string of the molecule is COc1nc(NC2CCC(OC)C2)ncc1Br. The first-order valence-electron chi connectivity index (χ1n) is 5.58. The highest BCUT2D eigenvalue weighted by Crippen LogP contribution is 2.26. The molecule has 5 nitrogen and oxygen atoms in total. The van der Waals surface area contributed by atoms with Crippen molar-refractivity contribution in [3.05, 3.63) is 10.7 Å². The van der Waals surface area contributed by atoms with Crippen molar-refractivity contribution in [2.75, 3.05) is 19.5 Å². The summed E-state index contributed by atoms with van der Waals surface area (Å²) in [7, 11) is 3.35. The van der Waals surface area contributed by atoms with Gasteiger partial charge in [0.05, 0.1) is 23.9 Å². The largest absolute Gasteiger partial charge is 0.480 e. The zero-order valence-corrected chi connectivity index (χ0v) is 11.5. The van der Waals surface area contributed by atoms with E-state index < -0.39 is 0 Å². The molecule has 1 heterocycles. The zero-order chi connectivity index (χ0) is 12.3. The minimum absolute atomic E-state index is 0.352. The highest BCUT2D eigenvalue weighted by Gasteiger charge is 2.24. The van der Waals surface area contributed by atoms with E-state index in [0.717, 1.165) is 23.7 Å². The number of halogens is 1. The third-order valence-corrected chi connectivity index (χ3v) is 3.50. The van der Waals surface area contributed by atoms with Crippen LogP contribution >= 0.6 is 15.9 Å². The third kappa shape index (κ3) is 3.07. The van der Waals surface area contributed by atoms with E-state index in [4.69, 9.17) is 9.47 Å². The van der Waals surface area contributed by atoms with Crippen molar-refractivity contribution >= 4 is 21.9 Å². The van der Waals surface area contributed by atoms with E-state index in [1.54, 1.807) is 20.4 Å². The molecule has 2 atom stereocenters. The molecule has 2 unspecified atom stereocenters. The number of rotatable bonds is 4. The Morgan fingerprint density at radius 3 is 2.88 bits per heavy atom. The Kier molecular flexibility index (Phi) is 4.17. The first-order valence-corrected chi connectivity index (χ1v) is 6.38. The quantitative estimate of drug-likeness (QED) is 0.924. The van der Waals surface area contributed by atoms with Crippen molar-refractivity contribution in [1.29, 1.82) is 0 Å². The Morgan fingerprint density at radius 2 is 2.24 bits per heavy atom. The fourth-order valence-corrected chi connectivity index (χ4v) is 2.38. The second-order valence-corrected chi connectivity index (χ2v) is 4.92. The predicted molar refractivity (Wildman–Crippen MR) is 68.3 cm³/mol. The molecule has 1 fully saturated rings. The normalized spacial score (nSPS) is 23.7. The maximum Gasteiger partial charge on any atom is 0.232 e. The molecule has 2 rings (SSSR count). The summed E-state index contributed by atoms with van der Waals surface area (Å²) in [5, 5.41) is 3.30. The molecular formula is C11H16BrN3O2. The van der Waals surface area contributed by atoms with Gasteiger partial charge in [0.2, 0.25) is 11.8 Å². The van der Waals surface area contributed by atoms with Crippen LogP contribution in [0.3, 0.4) is 0 Å². The molecule has 0 aromatic carbocycles. The van der Waals surface area contributed by atoms with Crippen molar-refractivity contribution in [3.8, 4) is 5.88 Å². The van der Waals surface area contributed by atoms with Gasteiger partial charge in [0.25, 0.3) is 0 Å². The lowest BCUT2D eigenvalue weighted by Crippen LogP contribution is -2.19. The molecule has 1 aliphatic carbocycles. The van der Waals surface area contributed by atoms with Crippen LogP contribution in [0.15, 0.2) is 10.7 Å². The number of hydrogen-bond donors (Lipinski definition) is 1. The molecule has 1 aromatic rings. The van der Waals surface area contributed by atoms with Gasteiger partial charge in [-0.3, -0.25) is 0 Å². The number of ether oxygens (including phenoxy) is 2. The number of anilines is 1. The lowest BCUT2D eigenvalue weighted by molar-refractivity contribution is 0.108. The van der Waals surface area contributed by atoms with Crippen molar-refractivity contribution in [2.45, 2.75) is 31.4 Å². The van der Waals surface area contributed by atoms with Gasteiger partial charge in [-0.25, -0.2) is 4.98 Å². The van der Waals surface area contributed by atoms with Gasteiger partial charge >= 0.3 is 0 Å². The van der Waals surface area contributed by atoms with Gasteiger partial charge in [-0.2, -0.15) is 4.98 Å². The molecule has 0 bridgehead atoms. The molecule has 1 aromatic heterocycles. The van der Waals surface area contributed by atoms with Gasteiger partial charge in [-0.05, 0) is 35.2 Å². The van der Waals surface area contributed by atoms with Crippen molar-refractivity contribution < 1.29 is 9.47 Å². The maximum absolute atomic E-state index is 5.33. The Balaban J connectivity index is 1.99. The molecule has 17 heavy (non-hydrogen) atoms. The number of aromatic nitrogens is 2. The molecule has 0 radical (unpaired) electrons. The smallest absolute Gasteiger partial charge is 0.232 e. The average Bonchev–Trinajstić information content (AvgIpc) is 2.79. The van der Waals surface area contributed by atoms with Crippen molar-refractivity contribution in [2.24, 2.45) is 0 Å². The predicted octanol–water partition coefficient (Wildman–Crippen LogP) is 2.23. The molecule has 94 valence electrons. The first-order chi connectivity index (χ1) is 8.22. The summed E-state index contributed by atoms with van der Waals surface area (Å²) < 4.78 is 11.2. The van der Waals surface area contributed by atoms with E-state index in [9.17, 15) is 0 Å². The molecule has 0 spiro atoms. The summed E-state index contributed by atoms with van der Waals surface area (Å²) in [6.07, 6.45) is 5.21. The van der Waals surface area contributed by atoms with Gasteiger partial charge < -0.3 is 14.8 Å². The summed E-state index contributed by atoms with van der Waals surface area (Å²) >= 11 is 3.33. The molecule has 1 N–H and O–H groups in total. The summed E-state index contributed by atoms with van der Waals surface area (Å²) in [4.78, 5) is 8.48. The minimum Gasteiger partial charge on any atom is -0.480 e. The van der Waals surface area contributed by atoms with E-state index >= 15 is 0 Å². The van der Waals surface area contributed by atoms with Gasteiger partial charge in [0, 0.05) is 13.2 Å².